The van der Waals surface area contributed by atoms with Gasteiger partial charge >= 0.3 is 0 Å². The molecule has 7 heteroatoms. The molecule has 0 radical (unpaired) electrons. The van der Waals surface area contributed by atoms with E-state index in [1.54, 1.807) is 0 Å². The van der Waals surface area contributed by atoms with E-state index in [0.717, 1.165) is 52.5 Å². The van der Waals surface area contributed by atoms with Crippen LogP contribution >= 0.6 is 11.3 Å². The van der Waals surface area contributed by atoms with Crippen molar-refractivity contribution in [2.75, 3.05) is 19.7 Å². The first kappa shape index (κ1) is 17.8. The third kappa shape index (κ3) is 3.13. The molecule has 0 aliphatic carbocycles. The number of nitrogens with one attached hydrogen (secondary N) is 1. The standard InChI is InChI=1S/C21H24N4O2S/c1-13-10-25-11-15(8-16(25)12-27-13)22-20(26)18-9-17-19(14-6-4-3-5-7-14)23-24(2)21(17)28-18/h3-7,9,13,15-16H,8,10-12H2,1-2H3,(H,22,26)/t13-,15+,16-/m0/s1. The second kappa shape index (κ2) is 6.99. The number of morpholine rings is 1. The smallest absolute Gasteiger partial charge is 0.261 e. The van der Waals surface area contributed by atoms with Crippen molar-refractivity contribution in [3.05, 3.63) is 41.3 Å². The lowest BCUT2D eigenvalue weighted by atomic mass is 10.1. The minimum Gasteiger partial charge on any atom is -0.376 e. The van der Waals surface area contributed by atoms with Crippen LogP contribution in [0.1, 0.15) is 23.0 Å². The van der Waals surface area contributed by atoms with Crippen molar-refractivity contribution in [1.29, 1.82) is 0 Å². The average molecular weight is 397 g/mol. The zero-order valence-electron chi connectivity index (χ0n) is 16.1. The van der Waals surface area contributed by atoms with Gasteiger partial charge in [-0.3, -0.25) is 14.4 Å². The minimum atomic E-state index is 0.0130. The molecule has 4 heterocycles. The molecule has 0 spiro atoms. The summed E-state index contributed by atoms with van der Waals surface area (Å²) in [6, 6.07) is 12.7. The number of fused-ring (bicyclic) bond motifs is 2. The molecule has 2 aliphatic rings. The summed E-state index contributed by atoms with van der Waals surface area (Å²) in [6.07, 6.45) is 1.23. The molecule has 0 unspecified atom stereocenters. The van der Waals surface area contributed by atoms with Crippen molar-refractivity contribution in [2.45, 2.75) is 31.5 Å². The summed E-state index contributed by atoms with van der Waals surface area (Å²) >= 11 is 1.51. The summed E-state index contributed by atoms with van der Waals surface area (Å²) in [5, 5.41) is 8.93. The van der Waals surface area contributed by atoms with Gasteiger partial charge in [0.2, 0.25) is 0 Å². The Labute approximate surface area is 168 Å². The van der Waals surface area contributed by atoms with E-state index in [9.17, 15) is 4.79 Å². The fourth-order valence-corrected chi connectivity index (χ4v) is 5.34. The number of hydrogen-bond donors (Lipinski definition) is 1. The zero-order valence-corrected chi connectivity index (χ0v) is 16.9. The molecule has 28 heavy (non-hydrogen) atoms. The van der Waals surface area contributed by atoms with Gasteiger partial charge in [0.25, 0.3) is 5.91 Å². The van der Waals surface area contributed by atoms with Crippen molar-refractivity contribution >= 4 is 27.5 Å². The predicted molar refractivity (Wildman–Crippen MR) is 111 cm³/mol. The molecule has 3 aromatic rings. The van der Waals surface area contributed by atoms with E-state index in [4.69, 9.17) is 4.74 Å². The van der Waals surface area contributed by atoms with Gasteiger partial charge in [0.15, 0.2) is 0 Å². The summed E-state index contributed by atoms with van der Waals surface area (Å²) in [4.78, 5) is 17.1. The van der Waals surface area contributed by atoms with Gasteiger partial charge in [-0.25, -0.2) is 0 Å². The lowest BCUT2D eigenvalue weighted by Crippen LogP contribution is -2.45. The van der Waals surface area contributed by atoms with Crippen molar-refractivity contribution in [3.8, 4) is 11.3 Å². The fourth-order valence-electron chi connectivity index (χ4n) is 4.36. The third-order valence-electron chi connectivity index (χ3n) is 5.71. The van der Waals surface area contributed by atoms with Gasteiger partial charge in [0, 0.05) is 43.2 Å². The van der Waals surface area contributed by atoms with Gasteiger partial charge < -0.3 is 10.1 Å². The topological polar surface area (TPSA) is 59.4 Å². The number of ether oxygens (including phenoxy) is 1. The first-order valence-corrected chi connectivity index (χ1v) is 10.6. The molecule has 6 nitrogen and oxygen atoms in total. The van der Waals surface area contributed by atoms with Crippen molar-refractivity contribution in [3.63, 3.8) is 0 Å². The Morgan fingerprint density at radius 2 is 2.11 bits per heavy atom. The molecular formula is C21H24N4O2S. The number of carbonyl (C=O) groups is 1. The predicted octanol–water partition coefficient (Wildman–Crippen LogP) is 2.89. The summed E-state index contributed by atoms with van der Waals surface area (Å²) in [5.74, 6) is 0.0130. The molecule has 2 aliphatic heterocycles. The zero-order chi connectivity index (χ0) is 19.3. The molecule has 5 rings (SSSR count). The van der Waals surface area contributed by atoms with Gasteiger partial charge in [0.05, 0.1) is 17.6 Å². The molecule has 2 fully saturated rings. The number of rotatable bonds is 3. The Balaban J connectivity index is 1.36. The van der Waals surface area contributed by atoms with Crippen LogP contribution in [0.4, 0.5) is 0 Å². The molecule has 1 amide bonds. The van der Waals surface area contributed by atoms with Crippen LogP contribution in [0.25, 0.3) is 21.5 Å². The summed E-state index contributed by atoms with van der Waals surface area (Å²) in [7, 11) is 1.93. The van der Waals surface area contributed by atoms with Gasteiger partial charge in [-0.05, 0) is 19.4 Å². The second-order valence-electron chi connectivity index (χ2n) is 7.83. The highest BCUT2D eigenvalue weighted by Gasteiger charge is 2.37. The maximum absolute atomic E-state index is 12.9. The molecule has 2 saturated heterocycles. The van der Waals surface area contributed by atoms with Gasteiger partial charge in [0.1, 0.15) is 10.5 Å². The highest BCUT2D eigenvalue weighted by atomic mass is 32.1. The minimum absolute atomic E-state index is 0.0130. The number of aryl methyl sites for hydroxylation is 1. The quantitative estimate of drug-likeness (QED) is 0.740. The number of thiophene rings is 1. The first-order valence-electron chi connectivity index (χ1n) is 9.77. The largest absolute Gasteiger partial charge is 0.376 e. The average Bonchev–Trinajstić information content (AvgIpc) is 3.36. The molecule has 1 N–H and O–H groups in total. The third-order valence-corrected chi connectivity index (χ3v) is 6.91. The normalized spacial score (nSPS) is 25.1. The Morgan fingerprint density at radius 1 is 1.29 bits per heavy atom. The molecular weight excluding hydrogens is 372 g/mol. The Hall–Kier alpha value is -2.22. The number of benzene rings is 1. The Morgan fingerprint density at radius 3 is 2.93 bits per heavy atom. The molecule has 0 saturated carbocycles. The number of carbonyl (C=O) groups excluding carboxylic acids is 1. The molecule has 3 atom stereocenters. The van der Waals surface area contributed by atoms with E-state index < -0.39 is 0 Å². The van der Waals surface area contributed by atoms with E-state index in [1.165, 1.54) is 11.3 Å². The van der Waals surface area contributed by atoms with Crippen molar-refractivity contribution in [2.24, 2.45) is 7.05 Å². The summed E-state index contributed by atoms with van der Waals surface area (Å²) < 4.78 is 7.63. The van der Waals surface area contributed by atoms with Gasteiger partial charge in [-0.15, -0.1) is 11.3 Å². The number of aromatic nitrogens is 2. The van der Waals surface area contributed by atoms with E-state index >= 15 is 0 Å². The van der Waals surface area contributed by atoms with Gasteiger partial charge in [-0.2, -0.15) is 5.10 Å². The van der Waals surface area contributed by atoms with Crippen LogP contribution in [0, 0.1) is 0 Å². The second-order valence-corrected chi connectivity index (χ2v) is 8.86. The number of nitrogens with zero attached hydrogens (tertiary/aromatic N) is 3. The molecule has 0 bridgehead atoms. The van der Waals surface area contributed by atoms with Gasteiger partial charge in [-0.1, -0.05) is 30.3 Å². The van der Waals surface area contributed by atoms with Crippen LogP contribution in [0.3, 0.4) is 0 Å². The monoisotopic (exact) mass is 396 g/mol. The SMILES string of the molecule is C[C@H]1CN2C[C@H](NC(=O)c3cc4c(-c5ccccc5)nn(C)c4s3)C[C@H]2CO1. The lowest BCUT2D eigenvalue weighted by molar-refractivity contribution is -0.0390. The lowest BCUT2D eigenvalue weighted by Gasteiger charge is -2.33. The van der Waals surface area contributed by atoms with Crippen LogP contribution in [0.2, 0.25) is 0 Å². The van der Waals surface area contributed by atoms with Crippen LogP contribution < -0.4 is 5.32 Å². The first-order chi connectivity index (χ1) is 13.6. The van der Waals surface area contributed by atoms with Crippen LogP contribution in [0.5, 0.6) is 0 Å². The highest BCUT2D eigenvalue weighted by Crippen LogP contribution is 2.33. The fraction of sp³-hybridized carbons (Fsp3) is 0.429. The van der Waals surface area contributed by atoms with Crippen molar-refractivity contribution in [1.82, 2.24) is 20.0 Å². The summed E-state index contributed by atoms with van der Waals surface area (Å²) in [6.45, 7) is 4.73. The number of amides is 1. The number of hydrogen-bond acceptors (Lipinski definition) is 5. The van der Waals surface area contributed by atoms with E-state index in [1.807, 2.05) is 36.0 Å². The van der Waals surface area contributed by atoms with E-state index in [-0.39, 0.29) is 18.1 Å². The maximum Gasteiger partial charge on any atom is 0.261 e. The van der Waals surface area contributed by atoms with Crippen molar-refractivity contribution < 1.29 is 9.53 Å². The Bertz CT molecular complexity index is 1010. The highest BCUT2D eigenvalue weighted by molar-refractivity contribution is 7.20. The molecule has 146 valence electrons. The summed E-state index contributed by atoms with van der Waals surface area (Å²) in [5.41, 5.74) is 2.00. The molecule has 2 aromatic heterocycles. The molecule has 1 aromatic carbocycles. The van der Waals surface area contributed by atoms with Crippen LogP contribution in [0.15, 0.2) is 36.4 Å². The van der Waals surface area contributed by atoms with E-state index in [2.05, 4.69) is 34.4 Å². The van der Waals surface area contributed by atoms with Crippen LogP contribution in [-0.4, -0.2) is 58.5 Å². The van der Waals surface area contributed by atoms with Crippen LogP contribution in [-0.2, 0) is 11.8 Å². The Kier molecular flexibility index (Phi) is 4.45. The maximum atomic E-state index is 12.9. The van der Waals surface area contributed by atoms with E-state index in [0.29, 0.717) is 6.04 Å².